The fourth-order valence-electron chi connectivity index (χ4n) is 3.51. The topological polar surface area (TPSA) is 83.9 Å². The summed E-state index contributed by atoms with van der Waals surface area (Å²) in [6.07, 6.45) is 1.28. The highest BCUT2D eigenvalue weighted by Gasteiger charge is 2.32. The van der Waals surface area contributed by atoms with Gasteiger partial charge in [0.2, 0.25) is 15.2 Å². The van der Waals surface area contributed by atoms with Crippen LogP contribution in [0.15, 0.2) is 57.8 Å². The third kappa shape index (κ3) is 5.74. The number of benzene rings is 2. The van der Waals surface area contributed by atoms with Gasteiger partial charge in [-0.25, -0.2) is 13.4 Å². The summed E-state index contributed by atoms with van der Waals surface area (Å²) >= 11 is 13.4. The number of thiazole rings is 1. The Morgan fingerprint density at radius 1 is 1.18 bits per heavy atom. The standard InChI is InChI=1S/C22H22Cl2N4O3S2/c1-14-11-28(12-15(2)31-14)33(29,30)19-5-3-4-16(8-19)21-13-32-22(26-21)27-25-10-17-6-7-18(23)9-20(17)24/h3-10,13-15H,11-12H2,1-2H3,(H,26,27)/b25-10+/t14-,15+. The normalized spacial score (nSPS) is 19.8. The Hall–Kier alpha value is -2.01. The van der Waals surface area contributed by atoms with E-state index in [-0.39, 0.29) is 17.1 Å². The van der Waals surface area contributed by atoms with Crippen LogP contribution in [0, 0.1) is 0 Å². The van der Waals surface area contributed by atoms with Crippen LogP contribution in [0.1, 0.15) is 19.4 Å². The second-order valence-electron chi connectivity index (χ2n) is 7.68. The van der Waals surface area contributed by atoms with Gasteiger partial charge < -0.3 is 4.74 Å². The predicted octanol–water partition coefficient (Wildman–Crippen LogP) is 5.36. The molecule has 0 spiro atoms. The number of morpholine rings is 1. The average Bonchev–Trinajstić information content (AvgIpc) is 3.24. The molecule has 1 N–H and O–H groups in total. The number of hydrogen-bond donors (Lipinski definition) is 1. The first kappa shape index (κ1) is 24.1. The van der Waals surface area contributed by atoms with Gasteiger partial charge in [-0.05, 0) is 38.1 Å². The van der Waals surface area contributed by atoms with Gasteiger partial charge in [0.1, 0.15) is 0 Å². The quantitative estimate of drug-likeness (QED) is 0.346. The number of nitrogens with zero attached hydrogens (tertiary/aromatic N) is 3. The van der Waals surface area contributed by atoms with Gasteiger partial charge in [-0.3, -0.25) is 5.43 Å². The minimum atomic E-state index is -3.64. The Kier molecular flexibility index (Phi) is 7.37. The van der Waals surface area contributed by atoms with Gasteiger partial charge in [-0.2, -0.15) is 9.41 Å². The van der Waals surface area contributed by atoms with Gasteiger partial charge in [0.15, 0.2) is 0 Å². The lowest BCUT2D eigenvalue weighted by Gasteiger charge is -2.34. The molecule has 1 aliphatic rings. The Morgan fingerprint density at radius 3 is 2.67 bits per heavy atom. The lowest BCUT2D eigenvalue weighted by molar-refractivity contribution is -0.0440. The molecule has 174 valence electrons. The average molecular weight is 525 g/mol. The largest absolute Gasteiger partial charge is 0.373 e. The number of hydrogen-bond acceptors (Lipinski definition) is 7. The second kappa shape index (κ2) is 10.1. The molecule has 1 aromatic heterocycles. The zero-order valence-electron chi connectivity index (χ0n) is 17.9. The SMILES string of the molecule is C[C@@H]1CN(S(=O)(=O)c2cccc(-c3csc(N/N=C/c4ccc(Cl)cc4Cl)n3)c2)C[C@H](C)O1. The van der Waals surface area contributed by atoms with Crippen LogP contribution in [0.4, 0.5) is 5.13 Å². The molecule has 3 aromatic rings. The van der Waals surface area contributed by atoms with Crippen LogP contribution < -0.4 is 5.43 Å². The van der Waals surface area contributed by atoms with Gasteiger partial charge in [-0.1, -0.05) is 41.4 Å². The number of rotatable bonds is 6. The van der Waals surface area contributed by atoms with Crippen LogP contribution in [0.2, 0.25) is 10.0 Å². The van der Waals surface area contributed by atoms with Gasteiger partial charge in [0.05, 0.1) is 34.0 Å². The van der Waals surface area contributed by atoms with Crippen LogP contribution in [-0.2, 0) is 14.8 Å². The van der Waals surface area contributed by atoms with Crippen LogP contribution in [-0.4, -0.2) is 49.2 Å². The van der Waals surface area contributed by atoms with Crippen molar-refractivity contribution in [3.8, 4) is 11.3 Å². The van der Waals surface area contributed by atoms with Gasteiger partial charge in [0.25, 0.3) is 0 Å². The van der Waals surface area contributed by atoms with Crippen molar-refractivity contribution >= 4 is 55.9 Å². The Morgan fingerprint density at radius 2 is 1.94 bits per heavy atom. The molecule has 0 bridgehead atoms. The molecule has 0 aliphatic carbocycles. The molecule has 33 heavy (non-hydrogen) atoms. The maximum Gasteiger partial charge on any atom is 0.243 e. The molecule has 0 amide bonds. The zero-order chi connectivity index (χ0) is 23.6. The van der Waals surface area contributed by atoms with Crippen LogP contribution in [0.3, 0.4) is 0 Å². The highest BCUT2D eigenvalue weighted by molar-refractivity contribution is 7.89. The van der Waals surface area contributed by atoms with Gasteiger partial charge in [-0.15, -0.1) is 11.3 Å². The third-order valence-electron chi connectivity index (χ3n) is 4.98. The van der Waals surface area contributed by atoms with Gasteiger partial charge >= 0.3 is 0 Å². The van der Waals surface area contributed by atoms with Crippen LogP contribution >= 0.6 is 34.5 Å². The number of aromatic nitrogens is 1. The van der Waals surface area contributed by atoms with E-state index in [2.05, 4.69) is 15.5 Å². The van der Waals surface area contributed by atoms with E-state index in [1.807, 2.05) is 25.3 Å². The summed E-state index contributed by atoms with van der Waals surface area (Å²) in [6.45, 7) is 4.41. The van der Waals surface area contributed by atoms with Crippen molar-refractivity contribution in [3.05, 3.63) is 63.5 Å². The van der Waals surface area contributed by atoms with E-state index in [0.29, 0.717) is 39.5 Å². The van der Waals surface area contributed by atoms with E-state index in [1.54, 1.807) is 42.6 Å². The fraction of sp³-hybridized carbons (Fsp3) is 0.273. The number of sulfonamides is 1. The lowest BCUT2D eigenvalue weighted by Crippen LogP contribution is -2.48. The summed E-state index contributed by atoms with van der Waals surface area (Å²) in [7, 11) is -3.64. The van der Waals surface area contributed by atoms with Crippen molar-refractivity contribution in [2.45, 2.75) is 31.0 Å². The van der Waals surface area contributed by atoms with Gasteiger partial charge in [0, 0.05) is 34.6 Å². The summed E-state index contributed by atoms with van der Waals surface area (Å²) in [4.78, 5) is 4.75. The maximum absolute atomic E-state index is 13.2. The lowest BCUT2D eigenvalue weighted by atomic mass is 10.2. The summed E-state index contributed by atoms with van der Waals surface area (Å²) < 4.78 is 33.5. The van der Waals surface area contributed by atoms with E-state index in [0.717, 1.165) is 5.56 Å². The smallest absolute Gasteiger partial charge is 0.243 e. The molecule has 2 heterocycles. The molecule has 2 atom stereocenters. The third-order valence-corrected chi connectivity index (χ3v) is 8.12. The van der Waals surface area contributed by atoms with Crippen molar-refractivity contribution < 1.29 is 13.2 Å². The number of anilines is 1. The van der Waals surface area contributed by atoms with Crippen molar-refractivity contribution in [2.24, 2.45) is 5.10 Å². The minimum absolute atomic E-state index is 0.151. The number of nitrogens with one attached hydrogen (secondary N) is 1. The number of halogens is 2. The molecule has 7 nitrogen and oxygen atoms in total. The Bertz CT molecular complexity index is 1270. The molecule has 1 aliphatic heterocycles. The van der Waals surface area contributed by atoms with Crippen molar-refractivity contribution in [3.63, 3.8) is 0 Å². The Labute approximate surface area is 207 Å². The number of ether oxygens (including phenoxy) is 1. The molecular formula is C22H22Cl2N4O3S2. The van der Waals surface area contributed by atoms with Crippen molar-refractivity contribution in [1.82, 2.24) is 9.29 Å². The van der Waals surface area contributed by atoms with Crippen molar-refractivity contribution in [1.29, 1.82) is 0 Å². The first-order valence-corrected chi connectivity index (χ1v) is 13.3. The van der Waals surface area contributed by atoms with Crippen LogP contribution in [0.25, 0.3) is 11.3 Å². The first-order valence-electron chi connectivity index (χ1n) is 10.2. The predicted molar refractivity (Wildman–Crippen MR) is 134 cm³/mol. The highest BCUT2D eigenvalue weighted by atomic mass is 35.5. The minimum Gasteiger partial charge on any atom is -0.373 e. The zero-order valence-corrected chi connectivity index (χ0v) is 21.0. The molecule has 0 saturated carbocycles. The van der Waals surface area contributed by atoms with E-state index in [9.17, 15) is 8.42 Å². The second-order valence-corrected chi connectivity index (χ2v) is 11.3. The maximum atomic E-state index is 13.2. The molecule has 4 rings (SSSR count). The molecule has 1 saturated heterocycles. The molecular weight excluding hydrogens is 503 g/mol. The molecule has 11 heteroatoms. The summed E-state index contributed by atoms with van der Waals surface area (Å²) in [5.74, 6) is 0. The highest BCUT2D eigenvalue weighted by Crippen LogP contribution is 2.29. The Balaban J connectivity index is 1.49. The van der Waals surface area contributed by atoms with Crippen molar-refractivity contribution in [2.75, 3.05) is 18.5 Å². The van der Waals surface area contributed by atoms with E-state index < -0.39 is 10.0 Å². The summed E-state index contributed by atoms with van der Waals surface area (Å²) in [6, 6.07) is 12.0. The van der Waals surface area contributed by atoms with E-state index >= 15 is 0 Å². The number of hydrazone groups is 1. The first-order chi connectivity index (χ1) is 15.7. The monoisotopic (exact) mass is 524 g/mol. The molecule has 1 fully saturated rings. The van der Waals surface area contributed by atoms with E-state index in [1.165, 1.54) is 15.6 Å². The summed E-state index contributed by atoms with van der Waals surface area (Å²) in [5.41, 5.74) is 4.96. The summed E-state index contributed by atoms with van der Waals surface area (Å²) in [5, 5.41) is 7.63. The molecule has 0 radical (unpaired) electrons. The molecule has 0 unspecified atom stereocenters. The van der Waals surface area contributed by atoms with E-state index in [4.69, 9.17) is 27.9 Å². The molecule has 2 aromatic carbocycles. The van der Waals surface area contributed by atoms with Crippen LogP contribution in [0.5, 0.6) is 0 Å². The fourth-order valence-corrected chi connectivity index (χ4v) is 6.28.